The van der Waals surface area contributed by atoms with Gasteiger partial charge in [0, 0.05) is 11.2 Å². The zero-order chi connectivity index (χ0) is 18.0. The highest BCUT2D eigenvalue weighted by atomic mass is 35.5. The number of ether oxygens (including phenoxy) is 1. The highest BCUT2D eigenvalue weighted by Crippen LogP contribution is 2.40. The van der Waals surface area contributed by atoms with Gasteiger partial charge in [-0.3, -0.25) is 4.79 Å². The van der Waals surface area contributed by atoms with Crippen LogP contribution in [0.4, 0.5) is 0 Å². The van der Waals surface area contributed by atoms with Crippen molar-refractivity contribution < 1.29 is 9.53 Å². The van der Waals surface area contributed by atoms with Crippen LogP contribution in [0.5, 0.6) is 0 Å². The third kappa shape index (κ3) is 3.49. The van der Waals surface area contributed by atoms with Crippen molar-refractivity contribution in [1.29, 1.82) is 0 Å². The molecule has 0 saturated heterocycles. The average molecular weight is 361 g/mol. The number of aliphatic imine (C=N–C) groups is 1. The number of dihydropyridines is 1. The molecular formula is C18H21ClN4O2. The van der Waals surface area contributed by atoms with Gasteiger partial charge < -0.3 is 21.5 Å². The lowest BCUT2D eigenvalue weighted by Gasteiger charge is -2.32. The van der Waals surface area contributed by atoms with Crippen molar-refractivity contribution in [3.8, 4) is 0 Å². The largest absolute Gasteiger partial charge is 0.463 e. The third-order valence-corrected chi connectivity index (χ3v) is 5.11. The molecular weight excluding hydrogens is 340 g/mol. The Hall–Kier alpha value is -2.47. The minimum Gasteiger partial charge on any atom is -0.463 e. The summed E-state index contributed by atoms with van der Waals surface area (Å²) in [5, 5.41) is 3.43. The van der Waals surface area contributed by atoms with E-state index in [4.69, 9.17) is 27.8 Å². The van der Waals surface area contributed by atoms with Crippen molar-refractivity contribution in [2.45, 2.75) is 31.2 Å². The summed E-state index contributed by atoms with van der Waals surface area (Å²) in [5.74, 6) is -0.517. The van der Waals surface area contributed by atoms with Crippen LogP contribution in [0, 0.1) is 0 Å². The van der Waals surface area contributed by atoms with Crippen LogP contribution in [-0.2, 0) is 21.4 Å². The fourth-order valence-electron chi connectivity index (χ4n) is 3.19. The summed E-state index contributed by atoms with van der Waals surface area (Å²) in [6, 6.07) is 8.35. The number of carbonyl (C=O) groups is 1. The number of amidine groups is 1. The lowest BCUT2D eigenvalue weighted by atomic mass is 9.77. The maximum atomic E-state index is 11.6. The molecule has 132 valence electrons. The van der Waals surface area contributed by atoms with E-state index in [-0.39, 0.29) is 12.1 Å². The van der Waals surface area contributed by atoms with Gasteiger partial charge in [0.2, 0.25) is 0 Å². The fourth-order valence-corrected chi connectivity index (χ4v) is 3.40. The number of hydrogen-bond acceptors (Lipinski definition) is 5. The SMILES string of the molecule is CC1(c2ccccc2CCC2COC(N)=N2)C=C(C(N)=O)NC=C1Cl. The molecule has 6 nitrogen and oxygen atoms in total. The summed E-state index contributed by atoms with van der Waals surface area (Å²) in [7, 11) is 0. The molecule has 1 amide bonds. The van der Waals surface area contributed by atoms with Crippen LogP contribution in [0.2, 0.25) is 0 Å². The lowest BCUT2D eigenvalue weighted by molar-refractivity contribution is -0.114. The van der Waals surface area contributed by atoms with Gasteiger partial charge in [-0.25, -0.2) is 4.99 Å². The Bertz CT molecular complexity index is 787. The predicted molar refractivity (Wildman–Crippen MR) is 97.8 cm³/mol. The van der Waals surface area contributed by atoms with E-state index in [1.807, 2.05) is 25.1 Å². The van der Waals surface area contributed by atoms with Gasteiger partial charge >= 0.3 is 0 Å². The highest BCUT2D eigenvalue weighted by molar-refractivity contribution is 6.31. The Balaban J connectivity index is 1.90. The number of benzene rings is 1. The molecule has 3 rings (SSSR count). The molecule has 25 heavy (non-hydrogen) atoms. The number of allylic oxidation sites excluding steroid dienone is 2. The molecule has 2 aliphatic heterocycles. The van der Waals surface area contributed by atoms with E-state index < -0.39 is 11.3 Å². The average Bonchev–Trinajstić information content (AvgIpc) is 3.01. The Kier molecular flexibility index (Phi) is 4.72. The van der Waals surface area contributed by atoms with Crippen molar-refractivity contribution in [2.24, 2.45) is 16.5 Å². The van der Waals surface area contributed by atoms with Crippen LogP contribution in [0.15, 0.2) is 52.3 Å². The molecule has 1 aromatic rings. The Morgan fingerprint density at radius 2 is 2.24 bits per heavy atom. The van der Waals surface area contributed by atoms with Gasteiger partial charge in [-0.05, 0) is 37.0 Å². The van der Waals surface area contributed by atoms with E-state index in [0.717, 1.165) is 24.0 Å². The van der Waals surface area contributed by atoms with Crippen molar-refractivity contribution in [1.82, 2.24) is 5.32 Å². The van der Waals surface area contributed by atoms with Crippen LogP contribution in [0.25, 0.3) is 0 Å². The number of hydrogen-bond donors (Lipinski definition) is 3. The van der Waals surface area contributed by atoms with Crippen LogP contribution >= 0.6 is 11.6 Å². The van der Waals surface area contributed by atoms with E-state index in [1.165, 1.54) is 0 Å². The zero-order valence-electron chi connectivity index (χ0n) is 14.0. The molecule has 2 aliphatic rings. The summed E-state index contributed by atoms with van der Waals surface area (Å²) >= 11 is 6.49. The maximum absolute atomic E-state index is 11.6. The molecule has 2 atom stereocenters. The second-order valence-corrected chi connectivity index (χ2v) is 6.80. The molecule has 0 spiro atoms. The second kappa shape index (κ2) is 6.80. The summed E-state index contributed by atoms with van der Waals surface area (Å²) in [5.41, 5.74) is 12.9. The molecule has 0 saturated carbocycles. The van der Waals surface area contributed by atoms with E-state index in [0.29, 0.717) is 17.3 Å². The first-order valence-corrected chi connectivity index (χ1v) is 8.48. The molecule has 0 aromatic heterocycles. The van der Waals surface area contributed by atoms with E-state index in [9.17, 15) is 4.79 Å². The van der Waals surface area contributed by atoms with E-state index in [1.54, 1.807) is 12.3 Å². The van der Waals surface area contributed by atoms with Crippen LogP contribution < -0.4 is 16.8 Å². The smallest absolute Gasteiger partial charge is 0.282 e. The van der Waals surface area contributed by atoms with Crippen LogP contribution in [0.3, 0.4) is 0 Å². The number of rotatable bonds is 5. The number of nitrogens with zero attached hydrogens (tertiary/aromatic N) is 1. The van der Waals surface area contributed by atoms with Gasteiger partial charge in [-0.2, -0.15) is 0 Å². The van der Waals surface area contributed by atoms with Gasteiger partial charge in [0.1, 0.15) is 12.3 Å². The molecule has 5 N–H and O–H groups in total. The Morgan fingerprint density at radius 3 is 2.92 bits per heavy atom. The van der Waals surface area contributed by atoms with Crippen molar-refractivity contribution in [3.05, 3.63) is 58.4 Å². The fraction of sp³-hybridized carbons (Fsp3) is 0.333. The third-order valence-electron chi connectivity index (χ3n) is 4.61. The van der Waals surface area contributed by atoms with Gasteiger partial charge in [-0.1, -0.05) is 35.9 Å². The predicted octanol–water partition coefficient (Wildman–Crippen LogP) is 1.64. The van der Waals surface area contributed by atoms with Gasteiger partial charge in [-0.15, -0.1) is 0 Å². The molecule has 0 fully saturated rings. The Labute approximate surface area is 151 Å². The molecule has 2 unspecified atom stereocenters. The van der Waals surface area contributed by atoms with Crippen LogP contribution in [-0.4, -0.2) is 24.6 Å². The summed E-state index contributed by atoms with van der Waals surface area (Å²) in [6.07, 6.45) is 5.02. The number of amides is 1. The van der Waals surface area contributed by atoms with Gasteiger partial charge in [0.15, 0.2) is 0 Å². The number of aryl methyl sites for hydroxylation is 1. The van der Waals surface area contributed by atoms with E-state index in [2.05, 4.69) is 16.4 Å². The first-order valence-electron chi connectivity index (χ1n) is 8.10. The minimum absolute atomic E-state index is 0.0663. The maximum Gasteiger partial charge on any atom is 0.282 e. The minimum atomic E-state index is -0.623. The zero-order valence-corrected chi connectivity index (χ0v) is 14.7. The summed E-state index contributed by atoms with van der Waals surface area (Å²) in [6.45, 7) is 2.49. The van der Waals surface area contributed by atoms with Crippen molar-refractivity contribution in [2.75, 3.05) is 6.61 Å². The highest BCUT2D eigenvalue weighted by Gasteiger charge is 2.34. The number of carbonyl (C=O) groups excluding carboxylic acids is 1. The molecule has 1 aromatic carbocycles. The number of halogens is 1. The standard InChI is InChI=1S/C18H21ClN4O2/c1-18(8-14(16(20)24)22-9-15(18)19)13-5-3-2-4-11(13)6-7-12-10-25-17(21)23-12/h2-5,8-9,12,22H,6-7,10H2,1H3,(H2,20,24)(H2,21,23). The molecule has 0 aliphatic carbocycles. The monoisotopic (exact) mass is 360 g/mol. The molecule has 2 heterocycles. The quantitative estimate of drug-likeness (QED) is 0.742. The normalized spacial score (nSPS) is 25.4. The van der Waals surface area contributed by atoms with Gasteiger partial charge in [0.25, 0.3) is 11.9 Å². The molecule has 0 radical (unpaired) electrons. The van der Waals surface area contributed by atoms with Crippen molar-refractivity contribution in [3.63, 3.8) is 0 Å². The van der Waals surface area contributed by atoms with Crippen molar-refractivity contribution >= 4 is 23.5 Å². The first-order chi connectivity index (χ1) is 11.9. The lowest BCUT2D eigenvalue weighted by Crippen LogP contribution is -2.33. The van der Waals surface area contributed by atoms with Crippen LogP contribution in [0.1, 0.15) is 24.5 Å². The Morgan fingerprint density at radius 1 is 1.48 bits per heavy atom. The first kappa shape index (κ1) is 17.4. The number of primary amides is 1. The number of nitrogens with two attached hydrogens (primary N) is 2. The topological polar surface area (TPSA) is 103 Å². The van der Waals surface area contributed by atoms with Gasteiger partial charge in [0.05, 0.1) is 11.5 Å². The summed E-state index contributed by atoms with van der Waals surface area (Å²) < 4.78 is 5.21. The van der Waals surface area contributed by atoms with E-state index >= 15 is 0 Å². The second-order valence-electron chi connectivity index (χ2n) is 6.39. The summed E-state index contributed by atoms with van der Waals surface area (Å²) in [4.78, 5) is 15.8. The molecule has 7 heteroatoms. The number of nitrogens with one attached hydrogen (secondary N) is 1. The molecule has 0 bridgehead atoms.